The minimum atomic E-state index is -3.94. The van der Waals surface area contributed by atoms with E-state index in [9.17, 15) is 12.8 Å². The molecule has 4 nitrogen and oxygen atoms in total. The largest absolute Gasteiger partial charge is 0.399 e. The Morgan fingerprint density at radius 3 is 2.55 bits per heavy atom. The number of hydrogen-bond acceptors (Lipinski definition) is 3. The average molecular weight is 380 g/mol. The third kappa shape index (κ3) is 3.23. The van der Waals surface area contributed by atoms with Gasteiger partial charge in [0.05, 0.1) is 20.1 Å². The fourth-order valence-electron chi connectivity index (χ4n) is 1.47. The van der Waals surface area contributed by atoms with Crippen molar-refractivity contribution < 1.29 is 12.8 Å². The first-order valence-electron chi connectivity index (χ1n) is 5.32. The first-order chi connectivity index (χ1) is 9.29. The average Bonchev–Trinajstić information content (AvgIpc) is 2.36. The second-order valence-corrected chi connectivity index (χ2v) is 6.86. The van der Waals surface area contributed by atoms with Gasteiger partial charge < -0.3 is 5.73 Å². The molecule has 0 aliphatic rings. The molecule has 2 rings (SSSR count). The van der Waals surface area contributed by atoms with Gasteiger partial charge in [-0.3, -0.25) is 4.72 Å². The lowest BCUT2D eigenvalue weighted by molar-refractivity contribution is 0.593. The zero-order valence-corrected chi connectivity index (χ0v) is 13.1. The van der Waals surface area contributed by atoms with Crippen LogP contribution in [-0.2, 0) is 10.0 Å². The molecule has 0 spiro atoms. The summed E-state index contributed by atoms with van der Waals surface area (Å²) in [7, 11) is -3.94. The monoisotopic (exact) mass is 378 g/mol. The van der Waals surface area contributed by atoms with E-state index in [1.165, 1.54) is 24.3 Å². The maximum absolute atomic E-state index is 13.4. The molecule has 0 atom stereocenters. The van der Waals surface area contributed by atoms with E-state index in [1.807, 2.05) is 0 Å². The zero-order valence-electron chi connectivity index (χ0n) is 9.90. The van der Waals surface area contributed by atoms with Gasteiger partial charge in [0.2, 0.25) is 0 Å². The van der Waals surface area contributed by atoms with E-state index in [0.29, 0.717) is 5.69 Å². The van der Waals surface area contributed by atoms with Gasteiger partial charge in [-0.1, -0.05) is 11.6 Å². The molecule has 0 heterocycles. The van der Waals surface area contributed by atoms with Crippen LogP contribution >= 0.6 is 27.5 Å². The predicted molar refractivity (Wildman–Crippen MR) is 80.8 cm³/mol. The summed E-state index contributed by atoms with van der Waals surface area (Å²) in [5.74, 6) is -0.674. The Kier molecular flexibility index (Phi) is 4.22. The van der Waals surface area contributed by atoms with Gasteiger partial charge in [-0.15, -0.1) is 0 Å². The Bertz CT molecular complexity index is 768. The Labute approximate surface area is 128 Å². The molecule has 0 aromatic heterocycles. The van der Waals surface area contributed by atoms with Crippen LogP contribution in [0.5, 0.6) is 0 Å². The molecule has 0 aliphatic carbocycles. The summed E-state index contributed by atoms with van der Waals surface area (Å²) < 4.78 is 40.1. The molecule has 3 N–H and O–H groups in total. The van der Waals surface area contributed by atoms with Gasteiger partial charge in [-0.05, 0) is 52.3 Å². The highest BCUT2D eigenvalue weighted by Gasteiger charge is 2.17. The molecule has 20 heavy (non-hydrogen) atoms. The number of sulfonamides is 1. The summed E-state index contributed by atoms with van der Waals surface area (Å²) in [6.07, 6.45) is 0. The highest BCUT2D eigenvalue weighted by atomic mass is 79.9. The summed E-state index contributed by atoms with van der Waals surface area (Å²) in [6.45, 7) is 0. The Balaban J connectivity index is 2.40. The molecule has 0 bridgehead atoms. The topological polar surface area (TPSA) is 72.2 Å². The van der Waals surface area contributed by atoms with E-state index >= 15 is 0 Å². The van der Waals surface area contributed by atoms with E-state index in [4.69, 9.17) is 17.3 Å². The molecular formula is C12H9BrClFN2O2S. The second kappa shape index (κ2) is 5.59. The molecule has 0 fully saturated rings. The number of benzene rings is 2. The van der Waals surface area contributed by atoms with Crippen LogP contribution in [-0.4, -0.2) is 8.42 Å². The molecule has 2 aromatic carbocycles. The Hall–Kier alpha value is -1.31. The van der Waals surface area contributed by atoms with Crippen LogP contribution in [0.4, 0.5) is 15.8 Å². The maximum Gasteiger partial charge on any atom is 0.262 e. The fraction of sp³-hybridized carbons (Fsp3) is 0. The van der Waals surface area contributed by atoms with Gasteiger partial charge in [0, 0.05) is 5.69 Å². The van der Waals surface area contributed by atoms with Crippen LogP contribution in [0.15, 0.2) is 45.8 Å². The number of halogens is 3. The number of nitrogens with two attached hydrogens (primary N) is 1. The van der Waals surface area contributed by atoms with Gasteiger partial charge >= 0.3 is 0 Å². The molecule has 8 heteroatoms. The quantitative estimate of drug-likeness (QED) is 0.800. The van der Waals surface area contributed by atoms with E-state index in [-0.39, 0.29) is 20.1 Å². The lowest BCUT2D eigenvalue weighted by Crippen LogP contribution is -2.13. The van der Waals surface area contributed by atoms with Crippen molar-refractivity contribution >= 4 is 48.9 Å². The molecule has 0 amide bonds. The van der Waals surface area contributed by atoms with Crippen molar-refractivity contribution in [3.63, 3.8) is 0 Å². The number of hydrogen-bond donors (Lipinski definition) is 2. The molecule has 2 aromatic rings. The first-order valence-corrected chi connectivity index (χ1v) is 7.98. The standard InChI is InChI=1S/C12H9BrClFN2O2S/c13-9-3-2-8(6-11(9)15)20(18,19)17-12-5-7(16)1-4-10(12)14/h1-6,17H,16H2. The lowest BCUT2D eigenvalue weighted by Gasteiger charge is -2.10. The highest BCUT2D eigenvalue weighted by Crippen LogP contribution is 2.27. The van der Waals surface area contributed by atoms with Crippen molar-refractivity contribution in [1.82, 2.24) is 0 Å². The van der Waals surface area contributed by atoms with Crippen molar-refractivity contribution in [3.8, 4) is 0 Å². The lowest BCUT2D eigenvalue weighted by atomic mass is 10.3. The van der Waals surface area contributed by atoms with Crippen molar-refractivity contribution in [2.24, 2.45) is 0 Å². The van der Waals surface area contributed by atoms with E-state index in [0.717, 1.165) is 6.07 Å². The van der Waals surface area contributed by atoms with Gasteiger partial charge in [-0.25, -0.2) is 12.8 Å². The van der Waals surface area contributed by atoms with Crippen molar-refractivity contribution in [2.45, 2.75) is 4.90 Å². The molecule has 0 aliphatic heterocycles. The smallest absolute Gasteiger partial charge is 0.262 e. The molecule has 0 saturated heterocycles. The SMILES string of the molecule is Nc1ccc(Cl)c(NS(=O)(=O)c2ccc(Br)c(F)c2)c1. The van der Waals surface area contributed by atoms with Gasteiger partial charge in [0.25, 0.3) is 10.0 Å². The highest BCUT2D eigenvalue weighted by molar-refractivity contribution is 9.10. The van der Waals surface area contributed by atoms with Crippen LogP contribution in [0.2, 0.25) is 5.02 Å². The summed E-state index contributed by atoms with van der Waals surface area (Å²) in [5.41, 5.74) is 6.06. The van der Waals surface area contributed by atoms with Crippen LogP contribution in [0, 0.1) is 5.82 Å². The molecule has 0 radical (unpaired) electrons. The minimum Gasteiger partial charge on any atom is -0.399 e. The van der Waals surface area contributed by atoms with Crippen molar-refractivity contribution in [1.29, 1.82) is 0 Å². The third-order valence-corrected chi connectivity index (χ3v) is 4.77. The van der Waals surface area contributed by atoms with E-state index < -0.39 is 15.8 Å². The fourth-order valence-corrected chi connectivity index (χ4v) is 3.02. The first kappa shape index (κ1) is 15.1. The van der Waals surface area contributed by atoms with Crippen molar-refractivity contribution in [3.05, 3.63) is 51.7 Å². The Morgan fingerprint density at radius 1 is 1.20 bits per heavy atom. The van der Waals surface area contributed by atoms with Crippen LogP contribution in [0.25, 0.3) is 0 Å². The number of nitrogen functional groups attached to an aromatic ring is 1. The predicted octanol–water partition coefficient (Wildman–Crippen LogP) is 3.62. The Morgan fingerprint density at radius 2 is 1.90 bits per heavy atom. The summed E-state index contributed by atoms with van der Waals surface area (Å²) in [4.78, 5) is -0.211. The summed E-state index contributed by atoms with van der Waals surface area (Å²) in [6, 6.07) is 7.89. The van der Waals surface area contributed by atoms with Crippen LogP contribution in [0.3, 0.4) is 0 Å². The molecular weight excluding hydrogens is 371 g/mol. The molecule has 106 valence electrons. The van der Waals surface area contributed by atoms with E-state index in [2.05, 4.69) is 20.7 Å². The third-order valence-electron chi connectivity index (χ3n) is 2.44. The minimum absolute atomic E-state index is 0.134. The van der Waals surface area contributed by atoms with Gasteiger partial charge in [0.1, 0.15) is 5.82 Å². The van der Waals surface area contributed by atoms with Gasteiger partial charge in [-0.2, -0.15) is 0 Å². The number of nitrogens with one attached hydrogen (secondary N) is 1. The number of rotatable bonds is 3. The van der Waals surface area contributed by atoms with E-state index in [1.54, 1.807) is 6.07 Å². The van der Waals surface area contributed by atoms with Crippen LogP contribution < -0.4 is 10.5 Å². The normalized spacial score (nSPS) is 11.3. The van der Waals surface area contributed by atoms with Crippen molar-refractivity contribution in [2.75, 3.05) is 10.5 Å². The summed E-state index contributed by atoms with van der Waals surface area (Å²) in [5, 5.41) is 0.195. The van der Waals surface area contributed by atoms with Crippen LogP contribution in [0.1, 0.15) is 0 Å². The molecule has 0 unspecified atom stereocenters. The number of anilines is 2. The molecule has 0 saturated carbocycles. The second-order valence-electron chi connectivity index (χ2n) is 3.92. The summed E-state index contributed by atoms with van der Waals surface area (Å²) >= 11 is 8.84. The van der Waals surface area contributed by atoms with Gasteiger partial charge in [0.15, 0.2) is 0 Å². The maximum atomic E-state index is 13.4. The zero-order chi connectivity index (χ0) is 14.9.